The zero-order chi connectivity index (χ0) is 19.9. The molecule has 0 unspecified atom stereocenters. The fourth-order valence-corrected chi connectivity index (χ4v) is 3.58. The fourth-order valence-electron chi connectivity index (χ4n) is 2.45. The predicted molar refractivity (Wildman–Crippen MR) is 114 cm³/mol. The molecule has 0 amide bonds. The van der Waals surface area contributed by atoms with Crippen LogP contribution in [0, 0.1) is 10.1 Å². The van der Waals surface area contributed by atoms with Crippen molar-refractivity contribution in [1.29, 1.82) is 0 Å². The molecule has 0 saturated carbocycles. The highest BCUT2D eigenvalue weighted by Crippen LogP contribution is 2.23. The van der Waals surface area contributed by atoms with E-state index in [1.165, 1.54) is 17.7 Å². The first-order valence-electron chi connectivity index (χ1n) is 8.67. The first kappa shape index (κ1) is 20.2. The van der Waals surface area contributed by atoms with E-state index in [2.05, 4.69) is 50.3 Å². The Hall–Kier alpha value is -2.52. The molecule has 0 aliphatic rings. The van der Waals surface area contributed by atoms with Crippen molar-refractivity contribution in [1.82, 2.24) is 14.9 Å². The van der Waals surface area contributed by atoms with E-state index in [9.17, 15) is 10.1 Å². The van der Waals surface area contributed by atoms with Crippen molar-refractivity contribution in [2.45, 2.75) is 30.7 Å². The summed E-state index contributed by atoms with van der Waals surface area (Å²) in [5, 5.41) is 24.7. The quantitative estimate of drug-likeness (QED) is 0.203. The van der Waals surface area contributed by atoms with Crippen molar-refractivity contribution < 1.29 is 4.92 Å². The standard InChI is InChI=1S/C19H18BrN5O2S/c1-2-4-18-22-23-19(28-13-14-7-9-16(20)10-8-14)24(18)21-12-15-5-3-6-17(11-15)25(26)27/h3,5-12H,2,4,13H2,1H3/b21-12-. The van der Waals surface area contributed by atoms with E-state index in [0.717, 1.165) is 28.9 Å². The second kappa shape index (κ2) is 9.61. The van der Waals surface area contributed by atoms with E-state index in [1.54, 1.807) is 34.8 Å². The number of nitro groups is 1. The highest BCUT2D eigenvalue weighted by molar-refractivity contribution is 9.10. The van der Waals surface area contributed by atoms with Crippen LogP contribution >= 0.6 is 27.7 Å². The molecule has 7 nitrogen and oxygen atoms in total. The minimum absolute atomic E-state index is 0.0336. The van der Waals surface area contributed by atoms with Gasteiger partial charge in [0.25, 0.3) is 5.69 Å². The molecule has 0 saturated heterocycles. The third kappa shape index (κ3) is 5.26. The lowest BCUT2D eigenvalue weighted by Gasteiger charge is -2.04. The van der Waals surface area contributed by atoms with Crippen LogP contribution in [0.1, 0.15) is 30.3 Å². The van der Waals surface area contributed by atoms with Gasteiger partial charge in [-0.15, -0.1) is 10.2 Å². The first-order chi connectivity index (χ1) is 13.6. The third-order valence-corrected chi connectivity index (χ3v) is 5.35. The molecular formula is C19H18BrN5O2S. The minimum atomic E-state index is -0.419. The lowest BCUT2D eigenvalue weighted by Crippen LogP contribution is -2.00. The molecular weight excluding hydrogens is 442 g/mol. The number of nitro benzene ring substituents is 1. The molecule has 0 spiro atoms. The largest absolute Gasteiger partial charge is 0.270 e. The summed E-state index contributed by atoms with van der Waals surface area (Å²) in [5.74, 6) is 1.51. The van der Waals surface area contributed by atoms with E-state index in [0.29, 0.717) is 10.7 Å². The average Bonchev–Trinajstić information content (AvgIpc) is 3.08. The minimum Gasteiger partial charge on any atom is -0.258 e. The topological polar surface area (TPSA) is 86.2 Å². The molecule has 28 heavy (non-hydrogen) atoms. The highest BCUT2D eigenvalue weighted by Gasteiger charge is 2.12. The molecule has 3 rings (SSSR count). The maximum atomic E-state index is 10.9. The number of nitrogens with zero attached hydrogens (tertiary/aromatic N) is 5. The van der Waals surface area contributed by atoms with Crippen molar-refractivity contribution in [3.05, 3.63) is 80.1 Å². The molecule has 3 aromatic rings. The summed E-state index contributed by atoms with van der Waals surface area (Å²) in [7, 11) is 0. The number of rotatable bonds is 8. The number of thioether (sulfide) groups is 1. The van der Waals surface area contributed by atoms with Crippen LogP contribution < -0.4 is 0 Å². The fraction of sp³-hybridized carbons (Fsp3) is 0.211. The lowest BCUT2D eigenvalue weighted by molar-refractivity contribution is -0.384. The molecule has 0 bridgehead atoms. The van der Waals surface area contributed by atoms with Crippen molar-refractivity contribution in [3.63, 3.8) is 0 Å². The SMILES string of the molecule is CCCc1nnc(SCc2ccc(Br)cc2)n1/N=C\c1cccc([N+](=O)[O-])c1. The molecule has 1 heterocycles. The van der Waals surface area contributed by atoms with E-state index in [1.807, 2.05) is 12.1 Å². The van der Waals surface area contributed by atoms with Gasteiger partial charge in [-0.1, -0.05) is 58.9 Å². The number of non-ortho nitro benzene ring substituents is 1. The molecule has 144 valence electrons. The van der Waals surface area contributed by atoms with Crippen molar-refractivity contribution >= 4 is 39.6 Å². The van der Waals surface area contributed by atoms with Crippen molar-refractivity contribution in [3.8, 4) is 0 Å². The summed E-state index contributed by atoms with van der Waals surface area (Å²) in [6.07, 6.45) is 3.26. The summed E-state index contributed by atoms with van der Waals surface area (Å²) in [5.41, 5.74) is 1.85. The average molecular weight is 460 g/mol. The summed E-state index contributed by atoms with van der Waals surface area (Å²) in [4.78, 5) is 10.5. The molecule has 2 aromatic carbocycles. The van der Waals surface area contributed by atoms with Crippen LogP contribution in [0.5, 0.6) is 0 Å². The van der Waals surface area contributed by atoms with Crippen LogP contribution in [0.4, 0.5) is 5.69 Å². The van der Waals surface area contributed by atoms with Gasteiger partial charge >= 0.3 is 0 Å². The number of halogens is 1. The second-order valence-corrected chi connectivity index (χ2v) is 7.83. The van der Waals surface area contributed by atoms with Crippen LogP contribution in [0.2, 0.25) is 0 Å². The summed E-state index contributed by atoms with van der Waals surface area (Å²) >= 11 is 4.98. The van der Waals surface area contributed by atoms with E-state index in [4.69, 9.17) is 0 Å². The number of benzene rings is 2. The molecule has 0 aliphatic carbocycles. The van der Waals surface area contributed by atoms with Gasteiger partial charge in [0.15, 0.2) is 5.82 Å². The Morgan fingerprint density at radius 1 is 1.25 bits per heavy atom. The molecule has 0 fully saturated rings. The zero-order valence-electron chi connectivity index (χ0n) is 15.2. The first-order valence-corrected chi connectivity index (χ1v) is 10.4. The Balaban J connectivity index is 1.82. The Kier molecular flexibility index (Phi) is 6.94. The molecule has 0 radical (unpaired) electrons. The number of hydrogen-bond donors (Lipinski definition) is 0. The lowest BCUT2D eigenvalue weighted by atomic mass is 10.2. The van der Waals surface area contributed by atoms with Gasteiger partial charge in [0.2, 0.25) is 5.16 Å². The molecule has 0 atom stereocenters. The Labute approximate surface area is 175 Å². The third-order valence-electron chi connectivity index (χ3n) is 3.83. The number of hydrogen-bond acceptors (Lipinski definition) is 6. The van der Waals surface area contributed by atoms with Crippen molar-refractivity contribution in [2.24, 2.45) is 5.10 Å². The van der Waals surface area contributed by atoms with E-state index in [-0.39, 0.29) is 5.69 Å². The van der Waals surface area contributed by atoms with Gasteiger partial charge in [-0.3, -0.25) is 10.1 Å². The smallest absolute Gasteiger partial charge is 0.258 e. The zero-order valence-corrected chi connectivity index (χ0v) is 17.6. The summed E-state index contributed by atoms with van der Waals surface area (Å²) < 4.78 is 2.75. The van der Waals surface area contributed by atoms with Gasteiger partial charge < -0.3 is 0 Å². The maximum Gasteiger partial charge on any atom is 0.270 e. The van der Waals surface area contributed by atoms with Gasteiger partial charge in [0.05, 0.1) is 11.1 Å². The Morgan fingerprint density at radius 2 is 2.04 bits per heavy atom. The van der Waals surface area contributed by atoms with Gasteiger partial charge in [-0.05, 0) is 24.1 Å². The number of aromatic nitrogens is 3. The van der Waals surface area contributed by atoms with Gasteiger partial charge in [0, 0.05) is 34.3 Å². The monoisotopic (exact) mass is 459 g/mol. The van der Waals surface area contributed by atoms with Crippen LogP contribution in [0.25, 0.3) is 0 Å². The van der Waals surface area contributed by atoms with Crippen LogP contribution in [-0.2, 0) is 12.2 Å². The van der Waals surface area contributed by atoms with Gasteiger partial charge in [0.1, 0.15) is 0 Å². The van der Waals surface area contributed by atoms with E-state index < -0.39 is 4.92 Å². The van der Waals surface area contributed by atoms with Crippen molar-refractivity contribution in [2.75, 3.05) is 0 Å². The van der Waals surface area contributed by atoms with E-state index >= 15 is 0 Å². The van der Waals surface area contributed by atoms with Crippen LogP contribution in [0.3, 0.4) is 0 Å². The maximum absolute atomic E-state index is 10.9. The molecule has 1 aromatic heterocycles. The normalized spacial score (nSPS) is 11.2. The highest BCUT2D eigenvalue weighted by atomic mass is 79.9. The predicted octanol–water partition coefficient (Wildman–Crippen LogP) is 5.08. The summed E-state index contributed by atoms with van der Waals surface area (Å²) in [6.45, 7) is 2.07. The number of aryl methyl sites for hydroxylation is 1. The van der Waals surface area contributed by atoms with Gasteiger partial charge in [-0.25, -0.2) is 0 Å². The summed E-state index contributed by atoms with van der Waals surface area (Å²) in [6, 6.07) is 14.5. The second-order valence-electron chi connectivity index (χ2n) is 5.97. The van der Waals surface area contributed by atoms with Crippen LogP contribution in [-0.4, -0.2) is 26.0 Å². The molecule has 9 heteroatoms. The van der Waals surface area contributed by atoms with Gasteiger partial charge in [-0.2, -0.15) is 9.78 Å². The Morgan fingerprint density at radius 3 is 2.75 bits per heavy atom. The van der Waals surface area contributed by atoms with Crippen LogP contribution in [0.15, 0.2) is 63.3 Å². The Bertz CT molecular complexity index is 988. The molecule has 0 aliphatic heterocycles. The molecule has 0 N–H and O–H groups in total.